The van der Waals surface area contributed by atoms with Crippen molar-refractivity contribution in [1.82, 2.24) is 10.3 Å². The minimum Gasteiger partial charge on any atom is -0.397 e. The second-order valence-electron chi connectivity index (χ2n) is 5.61. The maximum Gasteiger partial charge on any atom is 0.268 e. The topological polar surface area (TPSA) is 70.9 Å². The fourth-order valence-corrected chi connectivity index (χ4v) is 2.54. The lowest BCUT2D eigenvalue weighted by Crippen LogP contribution is -2.46. The van der Waals surface area contributed by atoms with Crippen LogP contribution in [-0.2, 0) is 0 Å². The highest BCUT2D eigenvalue weighted by Gasteiger charge is 2.33. The average Bonchev–Trinajstić information content (AvgIpc) is 2.68. The van der Waals surface area contributed by atoms with Gasteiger partial charge in [-0.1, -0.05) is 26.7 Å². The number of H-pyrrole nitrogens is 1. The molecule has 1 aliphatic rings. The van der Waals surface area contributed by atoms with Crippen molar-refractivity contribution in [2.45, 2.75) is 45.6 Å². The fourth-order valence-electron chi connectivity index (χ4n) is 2.54. The average molecular weight is 235 g/mol. The lowest BCUT2D eigenvalue weighted by molar-refractivity contribution is 0.0849. The van der Waals surface area contributed by atoms with E-state index in [1.165, 1.54) is 19.3 Å². The number of aromatic nitrogens is 1. The minimum atomic E-state index is -0.0540. The molecule has 1 unspecified atom stereocenters. The van der Waals surface area contributed by atoms with Crippen molar-refractivity contribution in [2.75, 3.05) is 5.73 Å². The van der Waals surface area contributed by atoms with Crippen molar-refractivity contribution in [3.05, 3.63) is 18.0 Å². The van der Waals surface area contributed by atoms with Crippen LogP contribution >= 0.6 is 0 Å². The highest BCUT2D eigenvalue weighted by Crippen LogP contribution is 2.35. The quantitative estimate of drug-likeness (QED) is 0.736. The number of anilines is 1. The van der Waals surface area contributed by atoms with E-state index in [1.807, 2.05) is 0 Å². The predicted octanol–water partition coefficient (Wildman–Crippen LogP) is 2.30. The van der Waals surface area contributed by atoms with Gasteiger partial charge in [0.15, 0.2) is 0 Å². The van der Waals surface area contributed by atoms with Crippen molar-refractivity contribution in [1.29, 1.82) is 0 Å². The maximum atomic E-state index is 12.0. The minimum absolute atomic E-state index is 0.0540. The first-order valence-corrected chi connectivity index (χ1v) is 6.24. The SMILES string of the molecule is CC1(C)CCCCC1NC(=O)c1cc(N)c[nH]1. The van der Waals surface area contributed by atoms with Gasteiger partial charge in [0, 0.05) is 17.9 Å². The summed E-state index contributed by atoms with van der Waals surface area (Å²) >= 11 is 0. The van der Waals surface area contributed by atoms with Crippen molar-refractivity contribution >= 4 is 11.6 Å². The van der Waals surface area contributed by atoms with Crippen LogP contribution in [0.25, 0.3) is 0 Å². The van der Waals surface area contributed by atoms with Crippen molar-refractivity contribution in [3.8, 4) is 0 Å². The van der Waals surface area contributed by atoms with Gasteiger partial charge in [0.1, 0.15) is 5.69 Å². The Morgan fingerprint density at radius 3 is 2.88 bits per heavy atom. The third kappa shape index (κ3) is 2.62. The summed E-state index contributed by atoms with van der Waals surface area (Å²) in [4.78, 5) is 14.9. The van der Waals surface area contributed by atoms with Crippen molar-refractivity contribution < 1.29 is 4.79 Å². The zero-order valence-corrected chi connectivity index (χ0v) is 10.5. The molecule has 1 aromatic heterocycles. The molecule has 1 saturated carbocycles. The van der Waals surface area contributed by atoms with Gasteiger partial charge in [-0.3, -0.25) is 4.79 Å². The monoisotopic (exact) mass is 235 g/mol. The molecule has 0 aromatic carbocycles. The van der Waals surface area contributed by atoms with E-state index in [-0.39, 0.29) is 17.4 Å². The largest absolute Gasteiger partial charge is 0.397 e. The number of hydrogen-bond donors (Lipinski definition) is 3. The Hall–Kier alpha value is -1.45. The lowest BCUT2D eigenvalue weighted by atomic mass is 9.73. The van der Waals surface area contributed by atoms with Gasteiger partial charge >= 0.3 is 0 Å². The molecule has 1 aromatic rings. The van der Waals surface area contributed by atoms with E-state index in [0.29, 0.717) is 11.4 Å². The molecule has 17 heavy (non-hydrogen) atoms. The molecule has 1 aliphatic carbocycles. The van der Waals surface area contributed by atoms with Gasteiger partial charge in [0.05, 0.1) is 0 Å². The van der Waals surface area contributed by atoms with Crippen LogP contribution in [0.3, 0.4) is 0 Å². The summed E-state index contributed by atoms with van der Waals surface area (Å²) < 4.78 is 0. The molecule has 0 spiro atoms. The summed E-state index contributed by atoms with van der Waals surface area (Å²) in [5, 5.41) is 3.11. The first-order valence-electron chi connectivity index (χ1n) is 6.24. The van der Waals surface area contributed by atoms with Crippen LogP contribution in [0.2, 0.25) is 0 Å². The molecular formula is C13H21N3O. The maximum absolute atomic E-state index is 12.0. The molecule has 1 heterocycles. The Balaban J connectivity index is 2.03. The molecule has 0 saturated heterocycles. The van der Waals surface area contributed by atoms with Crippen LogP contribution in [0.1, 0.15) is 50.0 Å². The van der Waals surface area contributed by atoms with Crippen LogP contribution in [0.4, 0.5) is 5.69 Å². The summed E-state index contributed by atoms with van der Waals surface area (Å²) in [6, 6.07) is 1.93. The summed E-state index contributed by atoms with van der Waals surface area (Å²) in [6.45, 7) is 4.44. The van der Waals surface area contributed by atoms with Gasteiger partial charge in [-0.15, -0.1) is 0 Å². The zero-order valence-electron chi connectivity index (χ0n) is 10.5. The predicted molar refractivity (Wildman–Crippen MR) is 68.7 cm³/mol. The second-order valence-corrected chi connectivity index (χ2v) is 5.61. The number of carbonyl (C=O) groups is 1. The summed E-state index contributed by atoms with van der Waals surface area (Å²) in [5.41, 5.74) is 6.92. The van der Waals surface area contributed by atoms with Crippen LogP contribution in [0.5, 0.6) is 0 Å². The third-order valence-corrected chi connectivity index (χ3v) is 3.76. The van der Waals surface area contributed by atoms with E-state index in [1.54, 1.807) is 12.3 Å². The van der Waals surface area contributed by atoms with Gasteiger partial charge in [0.2, 0.25) is 0 Å². The second kappa shape index (κ2) is 4.43. The number of aromatic amines is 1. The molecule has 1 amide bonds. The van der Waals surface area contributed by atoms with Gasteiger partial charge in [-0.2, -0.15) is 0 Å². The van der Waals surface area contributed by atoms with E-state index in [2.05, 4.69) is 24.1 Å². The van der Waals surface area contributed by atoms with E-state index in [9.17, 15) is 4.79 Å². The summed E-state index contributed by atoms with van der Waals surface area (Å²) in [6.07, 6.45) is 6.33. The molecule has 0 radical (unpaired) electrons. The van der Waals surface area contributed by atoms with Gasteiger partial charge < -0.3 is 16.0 Å². The number of hydrogen-bond acceptors (Lipinski definition) is 2. The zero-order chi connectivity index (χ0) is 12.5. The molecule has 0 aliphatic heterocycles. The number of carbonyl (C=O) groups excluding carboxylic acids is 1. The molecular weight excluding hydrogens is 214 g/mol. The van der Waals surface area contributed by atoms with Crippen LogP contribution in [0, 0.1) is 5.41 Å². The van der Waals surface area contributed by atoms with Crippen LogP contribution < -0.4 is 11.1 Å². The van der Waals surface area contributed by atoms with E-state index in [0.717, 1.165) is 6.42 Å². The Morgan fingerprint density at radius 1 is 1.53 bits per heavy atom. The number of amides is 1. The summed E-state index contributed by atoms with van der Waals surface area (Å²) in [7, 11) is 0. The number of rotatable bonds is 2. The van der Waals surface area contributed by atoms with Gasteiger partial charge in [0.25, 0.3) is 5.91 Å². The molecule has 2 rings (SSSR count). The van der Waals surface area contributed by atoms with E-state index >= 15 is 0 Å². The van der Waals surface area contributed by atoms with Crippen molar-refractivity contribution in [2.24, 2.45) is 5.41 Å². The Bertz CT molecular complexity index is 409. The lowest BCUT2D eigenvalue weighted by Gasteiger charge is -2.38. The summed E-state index contributed by atoms with van der Waals surface area (Å²) in [5.74, 6) is -0.0540. The van der Waals surface area contributed by atoms with Crippen molar-refractivity contribution in [3.63, 3.8) is 0 Å². The van der Waals surface area contributed by atoms with Gasteiger partial charge in [-0.05, 0) is 24.3 Å². The molecule has 4 heteroatoms. The smallest absolute Gasteiger partial charge is 0.268 e. The standard InChI is InChI=1S/C13H21N3O/c1-13(2)6-4-3-5-11(13)16-12(17)10-7-9(14)8-15-10/h7-8,11,15H,3-6,14H2,1-2H3,(H,16,17). The normalized spacial score (nSPS) is 23.3. The molecule has 4 nitrogen and oxygen atoms in total. The van der Waals surface area contributed by atoms with Gasteiger partial charge in [-0.25, -0.2) is 0 Å². The van der Waals surface area contributed by atoms with Crippen LogP contribution in [0.15, 0.2) is 12.3 Å². The Labute approximate surface area is 102 Å². The van der Waals surface area contributed by atoms with E-state index in [4.69, 9.17) is 5.73 Å². The first kappa shape index (κ1) is 12.0. The van der Waals surface area contributed by atoms with Crippen LogP contribution in [-0.4, -0.2) is 16.9 Å². The third-order valence-electron chi connectivity index (χ3n) is 3.76. The molecule has 0 bridgehead atoms. The number of nitrogen functional groups attached to an aromatic ring is 1. The highest BCUT2D eigenvalue weighted by molar-refractivity contribution is 5.93. The number of nitrogens with one attached hydrogen (secondary N) is 2. The Kier molecular flexibility index (Phi) is 3.13. The molecule has 94 valence electrons. The molecule has 1 fully saturated rings. The van der Waals surface area contributed by atoms with E-state index < -0.39 is 0 Å². The number of nitrogens with two attached hydrogens (primary N) is 1. The fraction of sp³-hybridized carbons (Fsp3) is 0.615. The highest BCUT2D eigenvalue weighted by atomic mass is 16.1. The first-order chi connectivity index (χ1) is 7.99. The molecule has 1 atom stereocenters. The molecule has 4 N–H and O–H groups in total. The Morgan fingerprint density at radius 2 is 2.29 bits per heavy atom.